The van der Waals surface area contributed by atoms with Gasteiger partial charge in [-0.1, -0.05) is 42.5 Å². The van der Waals surface area contributed by atoms with Crippen molar-refractivity contribution in [2.45, 2.75) is 19.3 Å². The maximum absolute atomic E-state index is 15.0. The second-order valence-corrected chi connectivity index (χ2v) is 12.1. The van der Waals surface area contributed by atoms with Crippen molar-refractivity contribution >= 4 is 21.9 Å². The number of hydrogen-bond donors (Lipinski definition) is 2. The highest BCUT2D eigenvalue weighted by Gasteiger charge is 2.30. The van der Waals surface area contributed by atoms with Crippen LogP contribution in [0.15, 0.2) is 53.5 Å². The molecular formula is C26H35FN8O2S. The first-order chi connectivity index (χ1) is 18.0. The van der Waals surface area contributed by atoms with Crippen LogP contribution >= 0.6 is 0 Å². The molecule has 3 aromatic rings. The molecule has 10 nitrogen and oxygen atoms in total. The quantitative estimate of drug-likeness (QED) is 0.331. The van der Waals surface area contributed by atoms with Gasteiger partial charge in [-0.05, 0) is 38.1 Å². The molecule has 0 spiro atoms. The summed E-state index contributed by atoms with van der Waals surface area (Å²) in [5, 5.41) is 7.41. The van der Waals surface area contributed by atoms with E-state index in [0.717, 1.165) is 11.1 Å². The van der Waals surface area contributed by atoms with Crippen LogP contribution in [-0.2, 0) is 22.5 Å². The first-order valence-electron chi connectivity index (χ1n) is 12.5. The number of halogens is 1. The van der Waals surface area contributed by atoms with E-state index in [1.165, 1.54) is 15.1 Å². The third kappa shape index (κ3) is 6.20. The van der Waals surface area contributed by atoms with Gasteiger partial charge >= 0.3 is 0 Å². The Hall–Kier alpha value is -3.35. The van der Waals surface area contributed by atoms with E-state index in [9.17, 15) is 8.42 Å². The van der Waals surface area contributed by atoms with E-state index < -0.39 is 15.4 Å². The predicted molar refractivity (Wildman–Crippen MR) is 148 cm³/mol. The number of rotatable bonds is 8. The van der Waals surface area contributed by atoms with Gasteiger partial charge in [0, 0.05) is 38.8 Å². The van der Waals surface area contributed by atoms with Gasteiger partial charge in [-0.3, -0.25) is 10.3 Å². The van der Waals surface area contributed by atoms with Gasteiger partial charge in [0.2, 0.25) is 16.0 Å². The third-order valence-electron chi connectivity index (χ3n) is 6.82. The molecule has 4 rings (SSSR count). The van der Waals surface area contributed by atoms with Crippen molar-refractivity contribution in [2.75, 3.05) is 50.8 Å². The number of nitrogens with one attached hydrogen (secondary N) is 1. The molecule has 0 atom stereocenters. The molecule has 0 unspecified atom stereocenters. The SMILES string of the molecule is CN1CCN(S(=O)(=O)CCN=C(N)Nc2nc(C(C)(C)c3ccc(-c4ccccc4)c(F)c3)nn2C)CC1. The van der Waals surface area contributed by atoms with E-state index in [4.69, 9.17) is 5.73 Å². The average Bonchev–Trinajstić information content (AvgIpc) is 3.25. The largest absolute Gasteiger partial charge is 0.370 e. The number of piperazine rings is 1. The number of nitrogens with two attached hydrogens (primary N) is 1. The molecule has 1 aliphatic heterocycles. The fraction of sp³-hybridized carbons (Fsp3) is 0.423. The number of aliphatic imine (C=N–C) groups is 1. The second kappa shape index (κ2) is 11.2. The number of aromatic nitrogens is 3. The second-order valence-electron chi connectivity index (χ2n) is 9.98. The first kappa shape index (κ1) is 27.7. The number of anilines is 1. The minimum Gasteiger partial charge on any atom is -0.370 e. The minimum absolute atomic E-state index is 0.0246. The Morgan fingerprint density at radius 3 is 2.45 bits per heavy atom. The van der Waals surface area contributed by atoms with Crippen LogP contribution in [0.5, 0.6) is 0 Å². The van der Waals surface area contributed by atoms with Crippen molar-refractivity contribution in [3.05, 3.63) is 65.7 Å². The van der Waals surface area contributed by atoms with Crippen LogP contribution in [-0.4, -0.2) is 83.9 Å². The number of guanidine groups is 1. The summed E-state index contributed by atoms with van der Waals surface area (Å²) in [7, 11) is 0.278. The normalized spacial score (nSPS) is 16.1. The van der Waals surface area contributed by atoms with Gasteiger partial charge in [0.05, 0.1) is 17.7 Å². The van der Waals surface area contributed by atoms with Crippen LogP contribution < -0.4 is 11.1 Å². The standard InChI is InChI=1S/C26H35FN8O2S/c1-26(2,20-10-11-21(22(27)18-20)19-8-6-5-7-9-19)23-30-25(34(4)32-23)31-24(28)29-12-17-38(36,37)35-15-13-33(3)14-16-35/h5-11,18H,12-17H2,1-4H3,(H3,28,29,30,31,32). The van der Waals surface area contributed by atoms with Crippen molar-refractivity contribution in [1.29, 1.82) is 0 Å². The number of nitrogens with zero attached hydrogens (tertiary/aromatic N) is 6. The van der Waals surface area contributed by atoms with Crippen LogP contribution in [0.4, 0.5) is 10.3 Å². The lowest BCUT2D eigenvalue weighted by atomic mass is 9.83. The van der Waals surface area contributed by atoms with E-state index in [0.29, 0.717) is 43.5 Å². The van der Waals surface area contributed by atoms with Crippen LogP contribution in [0.25, 0.3) is 11.1 Å². The number of aryl methyl sites for hydroxylation is 1. The smallest absolute Gasteiger partial charge is 0.227 e. The molecule has 38 heavy (non-hydrogen) atoms. The molecule has 1 aliphatic rings. The van der Waals surface area contributed by atoms with Crippen LogP contribution in [0.3, 0.4) is 0 Å². The van der Waals surface area contributed by atoms with E-state index >= 15 is 4.39 Å². The molecule has 204 valence electrons. The molecule has 1 aromatic heterocycles. The maximum Gasteiger partial charge on any atom is 0.227 e. The Bertz CT molecular complexity index is 1400. The van der Waals surface area contributed by atoms with Crippen LogP contribution in [0.1, 0.15) is 25.2 Å². The molecule has 12 heteroatoms. The highest BCUT2D eigenvalue weighted by atomic mass is 32.2. The molecule has 3 N–H and O–H groups in total. The number of benzene rings is 2. The Balaban J connectivity index is 1.43. The van der Waals surface area contributed by atoms with Crippen molar-refractivity contribution in [3.8, 4) is 11.1 Å². The monoisotopic (exact) mass is 542 g/mol. The van der Waals surface area contributed by atoms with Crippen molar-refractivity contribution in [3.63, 3.8) is 0 Å². The highest BCUT2D eigenvalue weighted by molar-refractivity contribution is 7.89. The summed E-state index contributed by atoms with van der Waals surface area (Å²) in [5.74, 6) is 0.411. The first-order valence-corrected chi connectivity index (χ1v) is 14.1. The molecule has 0 bridgehead atoms. The van der Waals surface area contributed by atoms with Gasteiger partial charge in [-0.25, -0.2) is 17.5 Å². The van der Waals surface area contributed by atoms with Crippen LogP contribution in [0, 0.1) is 5.82 Å². The maximum atomic E-state index is 15.0. The van der Waals surface area contributed by atoms with Crippen molar-refractivity contribution in [2.24, 2.45) is 17.8 Å². The molecule has 1 fully saturated rings. The Morgan fingerprint density at radius 2 is 1.79 bits per heavy atom. The summed E-state index contributed by atoms with van der Waals surface area (Å²) < 4.78 is 43.2. The van der Waals surface area contributed by atoms with Crippen molar-refractivity contribution in [1.82, 2.24) is 24.0 Å². The molecule has 0 saturated carbocycles. The average molecular weight is 543 g/mol. The lowest BCUT2D eigenvalue weighted by molar-refractivity contribution is 0.222. The summed E-state index contributed by atoms with van der Waals surface area (Å²) in [5.41, 5.74) is 7.38. The van der Waals surface area contributed by atoms with Crippen LogP contribution in [0.2, 0.25) is 0 Å². The Kier molecular flexibility index (Phi) is 8.14. The number of sulfonamides is 1. The highest BCUT2D eigenvalue weighted by Crippen LogP contribution is 2.33. The molecule has 0 aliphatic carbocycles. The van der Waals surface area contributed by atoms with Crippen molar-refractivity contribution < 1.29 is 12.8 Å². The van der Waals surface area contributed by atoms with Gasteiger partial charge in [0.1, 0.15) is 5.82 Å². The fourth-order valence-electron chi connectivity index (χ4n) is 4.27. The van der Waals surface area contributed by atoms with E-state index in [-0.39, 0.29) is 24.1 Å². The van der Waals surface area contributed by atoms with E-state index in [1.54, 1.807) is 13.1 Å². The van der Waals surface area contributed by atoms with E-state index in [2.05, 4.69) is 25.3 Å². The summed E-state index contributed by atoms with van der Waals surface area (Å²) in [4.78, 5) is 10.8. The number of hydrogen-bond acceptors (Lipinski definition) is 6. The lowest BCUT2D eigenvalue weighted by Gasteiger charge is -2.31. The molecule has 1 saturated heterocycles. The molecule has 2 heterocycles. The molecule has 2 aromatic carbocycles. The third-order valence-corrected chi connectivity index (χ3v) is 8.67. The predicted octanol–water partition coefficient (Wildman–Crippen LogP) is 2.25. The van der Waals surface area contributed by atoms with Gasteiger partial charge in [0.25, 0.3) is 0 Å². The van der Waals surface area contributed by atoms with Gasteiger partial charge < -0.3 is 10.6 Å². The van der Waals surface area contributed by atoms with E-state index in [1.807, 2.05) is 57.3 Å². The summed E-state index contributed by atoms with van der Waals surface area (Å²) in [6.45, 7) is 6.24. The molecule has 0 amide bonds. The molecular weight excluding hydrogens is 507 g/mol. The zero-order valence-electron chi connectivity index (χ0n) is 22.2. The summed E-state index contributed by atoms with van der Waals surface area (Å²) in [6, 6.07) is 14.6. The van der Waals surface area contributed by atoms with Gasteiger partial charge in [0.15, 0.2) is 11.8 Å². The zero-order valence-corrected chi connectivity index (χ0v) is 23.0. The fourth-order valence-corrected chi connectivity index (χ4v) is 5.57. The van der Waals surface area contributed by atoms with Gasteiger partial charge in [-0.15, -0.1) is 0 Å². The minimum atomic E-state index is -3.40. The molecule has 0 radical (unpaired) electrons. The lowest BCUT2D eigenvalue weighted by Crippen LogP contribution is -2.48. The Labute approximate surface area is 223 Å². The summed E-state index contributed by atoms with van der Waals surface area (Å²) >= 11 is 0. The Morgan fingerprint density at radius 1 is 1.11 bits per heavy atom. The number of likely N-dealkylation sites (N-methyl/N-ethyl adjacent to an activating group) is 1. The topological polar surface area (TPSA) is 122 Å². The zero-order chi connectivity index (χ0) is 27.5. The van der Waals surface area contributed by atoms with Gasteiger partial charge in [-0.2, -0.15) is 14.4 Å². The summed E-state index contributed by atoms with van der Waals surface area (Å²) in [6.07, 6.45) is 0.